The maximum absolute atomic E-state index is 12.7. The third-order valence-electron chi connectivity index (χ3n) is 3.11. The van der Waals surface area contributed by atoms with Gasteiger partial charge >= 0.3 is 6.18 Å². The molecule has 0 saturated carbocycles. The number of carbonyl (C=O) groups excluding carboxylic acids is 1. The van der Waals surface area contributed by atoms with Gasteiger partial charge < -0.3 is 4.74 Å². The van der Waals surface area contributed by atoms with Crippen LogP contribution in [0.1, 0.15) is 21.5 Å². The number of hydrogen-bond donors (Lipinski definition) is 1. The fraction of sp³-hybridized carbons (Fsp3) is 0.176. The molecule has 24 heavy (non-hydrogen) atoms. The number of benzene rings is 2. The molecule has 2 aromatic rings. The molecule has 0 unspecified atom stereocenters. The van der Waals surface area contributed by atoms with Gasteiger partial charge in [-0.15, -0.1) is 0 Å². The van der Waals surface area contributed by atoms with E-state index in [2.05, 4.69) is 10.3 Å². The normalized spacial score (nSPS) is 11.9. The van der Waals surface area contributed by atoms with E-state index in [1.54, 1.807) is 0 Å². The number of halogens is 3. The lowest BCUT2D eigenvalue weighted by molar-refractivity contribution is -0.137. The average molecular weight is 336 g/mol. The minimum atomic E-state index is -4.51. The van der Waals surface area contributed by atoms with Crippen molar-refractivity contribution in [2.45, 2.75) is 12.7 Å². The summed E-state index contributed by atoms with van der Waals surface area (Å²) in [6.45, 7) is 0.271. The lowest BCUT2D eigenvalue weighted by Gasteiger charge is -2.10. The van der Waals surface area contributed by atoms with Crippen LogP contribution in [0.25, 0.3) is 0 Å². The third-order valence-corrected chi connectivity index (χ3v) is 3.11. The van der Waals surface area contributed by atoms with Crippen molar-refractivity contribution in [1.82, 2.24) is 5.32 Å². The van der Waals surface area contributed by atoms with E-state index in [-0.39, 0.29) is 18.1 Å². The topological polar surface area (TPSA) is 50.7 Å². The molecule has 0 saturated heterocycles. The molecule has 126 valence electrons. The standard InChI is InChI=1S/C17H15F3N2O2/c1-24-16(21-11-12-6-3-2-4-7-12)22-15(23)13-8-5-9-14(10-13)17(18,19)20/h2-10H,11H2,1H3,(H,21,22,23). The van der Waals surface area contributed by atoms with Gasteiger partial charge in [-0.2, -0.15) is 13.2 Å². The van der Waals surface area contributed by atoms with Gasteiger partial charge in [0.05, 0.1) is 19.2 Å². The lowest BCUT2D eigenvalue weighted by Crippen LogP contribution is -2.32. The maximum Gasteiger partial charge on any atom is 0.416 e. The number of nitrogens with zero attached hydrogens (tertiary/aromatic N) is 1. The molecule has 4 nitrogen and oxygen atoms in total. The van der Waals surface area contributed by atoms with Gasteiger partial charge in [-0.3, -0.25) is 10.1 Å². The number of aliphatic imine (C=N–C) groups is 1. The Bertz CT molecular complexity index is 728. The molecule has 0 fully saturated rings. The summed E-state index contributed by atoms with van der Waals surface area (Å²) in [5.41, 5.74) is -0.120. The van der Waals surface area contributed by atoms with Crippen molar-refractivity contribution in [3.8, 4) is 0 Å². The van der Waals surface area contributed by atoms with Crippen LogP contribution in [-0.4, -0.2) is 19.0 Å². The van der Waals surface area contributed by atoms with Crippen molar-refractivity contribution in [3.05, 3.63) is 71.3 Å². The fourth-order valence-corrected chi connectivity index (χ4v) is 1.91. The number of rotatable bonds is 3. The first-order valence-corrected chi connectivity index (χ1v) is 7.01. The van der Waals surface area contributed by atoms with Gasteiger partial charge in [0, 0.05) is 5.56 Å². The highest BCUT2D eigenvalue weighted by molar-refractivity contribution is 6.04. The van der Waals surface area contributed by atoms with Crippen LogP contribution >= 0.6 is 0 Å². The predicted octanol–water partition coefficient (Wildman–Crippen LogP) is 3.64. The first-order chi connectivity index (χ1) is 11.4. The molecule has 0 spiro atoms. The van der Waals surface area contributed by atoms with Gasteiger partial charge in [0.1, 0.15) is 0 Å². The highest BCUT2D eigenvalue weighted by atomic mass is 19.4. The third kappa shape index (κ3) is 4.84. The van der Waals surface area contributed by atoms with Crippen molar-refractivity contribution in [3.63, 3.8) is 0 Å². The zero-order valence-corrected chi connectivity index (χ0v) is 12.8. The summed E-state index contributed by atoms with van der Waals surface area (Å²) in [5.74, 6) is -0.727. The number of hydrogen-bond acceptors (Lipinski definition) is 3. The molecule has 0 aromatic heterocycles. The fourth-order valence-electron chi connectivity index (χ4n) is 1.91. The van der Waals surface area contributed by atoms with Crippen LogP contribution in [0, 0.1) is 0 Å². The SMILES string of the molecule is COC(=NCc1ccccc1)NC(=O)c1cccc(C(F)(F)F)c1. The molecule has 7 heteroatoms. The van der Waals surface area contributed by atoms with Crippen LogP contribution in [0.4, 0.5) is 13.2 Å². The van der Waals surface area contributed by atoms with E-state index in [4.69, 9.17) is 4.74 Å². The van der Waals surface area contributed by atoms with E-state index in [9.17, 15) is 18.0 Å². The zero-order valence-electron chi connectivity index (χ0n) is 12.8. The zero-order chi connectivity index (χ0) is 17.6. The van der Waals surface area contributed by atoms with Crippen molar-refractivity contribution in [1.29, 1.82) is 0 Å². The van der Waals surface area contributed by atoms with Gasteiger partial charge in [-0.25, -0.2) is 4.99 Å². The summed E-state index contributed by atoms with van der Waals surface area (Å²) in [7, 11) is 1.32. The molecule has 2 aromatic carbocycles. The van der Waals surface area contributed by atoms with Crippen LogP contribution in [0.3, 0.4) is 0 Å². The average Bonchev–Trinajstić information content (AvgIpc) is 2.58. The summed E-state index contributed by atoms with van der Waals surface area (Å²) in [6.07, 6.45) is -4.51. The molecule has 0 atom stereocenters. The maximum atomic E-state index is 12.7. The minimum absolute atomic E-state index is 0.0683. The van der Waals surface area contributed by atoms with E-state index in [1.165, 1.54) is 19.2 Å². The van der Waals surface area contributed by atoms with Crippen LogP contribution in [0.2, 0.25) is 0 Å². The number of amides is 1. The summed E-state index contributed by atoms with van der Waals surface area (Å²) in [5, 5.41) is 2.35. The number of carbonyl (C=O) groups is 1. The quantitative estimate of drug-likeness (QED) is 0.687. The molecule has 1 amide bonds. The number of alkyl halides is 3. The lowest BCUT2D eigenvalue weighted by atomic mass is 10.1. The predicted molar refractivity (Wildman–Crippen MR) is 83.5 cm³/mol. The summed E-state index contributed by atoms with van der Waals surface area (Å²) in [6, 6.07) is 13.3. The smallest absolute Gasteiger partial charge is 0.416 e. The number of methoxy groups -OCH3 is 1. The highest BCUT2D eigenvalue weighted by Gasteiger charge is 2.30. The molecule has 2 rings (SSSR count). The van der Waals surface area contributed by atoms with Gasteiger partial charge in [-0.05, 0) is 23.8 Å². The Kier molecular flexibility index (Phi) is 5.57. The molecule has 0 aliphatic carbocycles. The number of ether oxygens (including phenoxy) is 1. The van der Waals surface area contributed by atoms with Gasteiger partial charge in [0.2, 0.25) is 0 Å². The Hall–Kier alpha value is -2.83. The first kappa shape index (κ1) is 17.5. The van der Waals surface area contributed by atoms with E-state index >= 15 is 0 Å². The molecule has 1 N–H and O–H groups in total. The van der Waals surface area contributed by atoms with Gasteiger partial charge in [0.15, 0.2) is 0 Å². The molecule has 0 aliphatic heterocycles. The monoisotopic (exact) mass is 336 g/mol. The van der Waals surface area contributed by atoms with E-state index in [1.807, 2.05) is 30.3 Å². The van der Waals surface area contributed by atoms with E-state index in [0.29, 0.717) is 0 Å². The van der Waals surface area contributed by atoms with Crippen LogP contribution in [-0.2, 0) is 17.5 Å². The van der Waals surface area contributed by atoms with Crippen molar-refractivity contribution in [2.75, 3.05) is 7.11 Å². The number of nitrogens with one attached hydrogen (secondary N) is 1. The second-order valence-electron chi connectivity index (χ2n) is 4.84. The van der Waals surface area contributed by atoms with E-state index < -0.39 is 17.6 Å². The van der Waals surface area contributed by atoms with Crippen LogP contribution in [0.15, 0.2) is 59.6 Å². The highest BCUT2D eigenvalue weighted by Crippen LogP contribution is 2.29. The van der Waals surface area contributed by atoms with Crippen LogP contribution < -0.4 is 5.32 Å². The molecule has 0 aliphatic rings. The largest absolute Gasteiger partial charge is 0.468 e. The summed E-state index contributed by atoms with van der Waals surface area (Å²) < 4.78 is 43.0. The van der Waals surface area contributed by atoms with Crippen LogP contribution in [0.5, 0.6) is 0 Å². The molecular weight excluding hydrogens is 321 g/mol. The Morgan fingerprint density at radius 2 is 1.83 bits per heavy atom. The molecule has 0 radical (unpaired) electrons. The minimum Gasteiger partial charge on any atom is -0.468 e. The van der Waals surface area contributed by atoms with Crippen molar-refractivity contribution in [2.24, 2.45) is 4.99 Å². The Labute approximate surface area is 137 Å². The van der Waals surface area contributed by atoms with Gasteiger partial charge in [0.25, 0.3) is 11.9 Å². The van der Waals surface area contributed by atoms with Crippen molar-refractivity contribution >= 4 is 11.9 Å². The summed E-state index contributed by atoms with van der Waals surface area (Å²) >= 11 is 0. The summed E-state index contributed by atoms with van der Waals surface area (Å²) in [4.78, 5) is 16.2. The second-order valence-corrected chi connectivity index (χ2v) is 4.84. The second kappa shape index (κ2) is 7.63. The van der Waals surface area contributed by atoms with E-state index in [0.717, 1.165) is 17.7 Å². The van der Waals surface area contributed by atoms with Gasteiger partial charge in [-0.1, -0.05) is 36.4 Å². The Morgan fingerprint density at radius 3 is 2.46 bits per heavy atom. The molecular formula is C17H15F3N2O2. The molecule has 0 heterocycles. The first-order valence-electron chi connectivity index (χ1n) is 7.01. The Morgan fingerprint density at radius 1 is 1.12 bits per heavy atom. The number of amidine groups is 1. The molecule has 0 bridgehead atoms. The Balaban J connectivity index is 2.09. The van der Waals surface area contributed by atoms with Crippen molar-refractivity contribution < 1.29 is 22.7 Å².